The van der Waals surface area contributed by atoms with Crippen molar-refractivity contribution in [2.75, 3.05) is 13.2 Å². The van der Waals surface area contributed by atoms with Gasteiger partial charge in [-0.3, -0.25) is 0 Å². The van der Waals surface area contributed by atoms with Crippen molar-refractivity contribution >= 4 is 17.9 Å². The van der Waals surface area contributed by atoms with Crippen molar-refractivity contribution in [1.82, 2.24) is 0 Å². The van der Waals surface area contributed by atoms with Crippen LogP contribution in [0.1, 0.15) is 44.9 Å². The second-order valence-electron chi connectivity index (χ2n) is 5.20. The maximum atomic E-state index is 13.7. The summed E-state index contributed by atoms with van der Waals surface area (Å²) in [5.74, 6) is -4.76. The van der Waals surface area contributed by atoms with E-state index < -0.39 is 35.1 Å². The van der Waals surface area contributed by atoms with E-state index in [1.165, 1.54) is 18.2 Å². The maximum Gasteiger partial charge on any atom is 0.346 e. The summed E-state index contributed by atoms with van der Waals surface area (Å²) in [6.07, 6.45) is 0. The molecule has 0 aromatic heterocycles. The van der Waals surface area contributed by atoms with E-state index in [9.17, 15) is 23.2 Å². The molecule has 0 aliphatic heterocycles. The molecule has 0 unspecified atom stereocenters. The smallest absolute Gasteiger partial charge is 0.346 e. The lowest BCUT2D eigenvalue weighted by Gasteiger charge is -2.10. The Morgan fingerprint density at radius 3 is 1.85 bits per heavy atom. The summed E-state index contributed by atoms with van der Waals surface area (Å²) in [4.78, 5) is 36.1. The molecule has 8 heteroatoms. The van der Waals surface area contributed by atoms with Crippen molar-refractivity contribution < 1.29 is 37.4 Å². The van der Waals surface area contributed by atoms with Gasteiger partial charge in [0.1, 0.15) is 17.4 Å². The number of ether oxygens (including phenoxy) is 3. The number of carbonyl (C=O) groups excluding carboxylic acids is 3. The Balaban J connectivity index is 2.37. The summed E-state index contributed by atoms with van der Waals surface area (Å²) in [6.45, 7) is 3.40. The first kappa shape index (κ1) is 20.0. The first-order valence-electron chi connectivity index (χ1n) is 8.02. The SMILES string of the molecule is CCOC(=O)c1cc(OC(=O)c2ccc(F)cc2F)cc(C(=O)OCC)c1. The van der Waals surface area contributed by atoms with Crippen LogP contribution in [0.4, 0.5) is 8.78 Å². The summed E-state index contributed by atoms with van der Waals surface area (Å²) < 4.78 is 41.5. The number of rotatable bonds is 6. The molecule has 2 aromatic rings. The van der Waals surface area contributed by atoms with Crippen molar-refractivity contribution in [1.29, 1.82) is 0 Å². The molecule has 0 radical (unpaired) electrons. The summed E-state index contributed by atoms with van der Waals surface area (Å²) in [5.41, 5.74) is -0.606. The molecule has 142 valence electrons. The Morgan fingerprint density at radius 2 is 1.37 bits per heavy atom. The van der Waals surface area contributed by atoms with Crippen LogP contribution < -0.4 is 4.74 Å². The monoisotopic (exact) mass is 378 g/mol. The summed E-state index contributed by atoms with van der Waals surface area (Å²) in [7, 11) is 0. The topological polar surface area (TPSA) is 78.9 Å². The predicted molar refractivity (Wildman–Crippen MR) is 89.7 cm³/mol. The zero-order valence-electron chi connectivity index (χ0n) is 14.6. The Labute approximate surface area is 153 Å². The van der Waals surface area contributed by atoms with E-state index in [0.29, 0.717) is 6.07 Å². The highest BCUT2D eigenvalue weighted by molar-refractivity contribution is 5.97. The van der Waals surface area contributed by atoms with Gasteiger partial charge in [-0.05, 0) is 44.2 Å². The van der Waals surface area contributed by atoms with Crippen molar-refractivity contribution in [3.8, 4) is 5.75 Å². The van der Waals surface area contributed by atoms with Crippen molar-refractivity contribution in [3.63, 3.8) is 0 Å². The third kappa shape index (κ3) is 5.10. The highest BCUT2D eigenvalue weighted by Crippen LogP contribution is 2.21. The van der Waals surface area contributed by atoms with Gasteiger partial charge in [0.25, 0.3) is 0 Å². The lowest BCUT2D eigenvalue weighted by Crippen LogP contribution is -2.14. The normalized spacial score (nSPS) is 10.2. The van der Waals surface area contributed by atoms with Crippen LogP contribution in [0.5, 0.6) is 5.75 Å². The molecule has 2 aromatic carbocycles. The van der Waals surface area contributed by atoms with Crippen molar-refractivity contribution in [3.05, 3.63) is 64.7 Å². The average Bonchev–Trinajstić information content (AvgIpc) is 2.61. The van der Waals surface area contributed by atoms with E-state index in [0.717, 1.165) is 12.1 Å². The first-order chi connectivity index (χ1) is 12.8. The minimum Gasteiger partial charge on any atom is -0.462 e. The minimum atomic E-state index is -1.12. The van der Waals surface area contributed by atoms with Crippen LogP contribution in [0, 0.1) is 11.6 Å². The Hall–Kier alpha value is -3.29. The lowest BCUT2D eigenvalue weighted by molar-refractivity contribution is 0.0520. The number of carbonyl (C=O) groups is 3. The van der Waals surface area contributed by atoms with E-state index in [1.54, 1.807) is 13.8 Å². The zero-order valence-corrected chi connectivity index (χ0v) is 14.6. The summed E-state index contributed by atoms with van der Waals surface area (Å²) in [6, 6.07) is 5.93. The van der Waals surface area contributed by atoms with Crippen LogP contribution in [-0.2, 0) is 9.47 Å². The van der Waals surface area contributed by atoms with E-state index in [2.05, 4.69) is 0 Å². The quantitative estimate of drug-likeness (QED) is 0.565. The number of hydrogen-bond donors (Lipinski definition) is 0. The molecule has 0 saturated carbocycles. The first-order valence-corrected chi connectivity index (χ1v) is 8.02. The van der Waals surface area contributed by atoms with Gasteiger partial charge in [-0.1, -0.05) is 0 Å². The number of hydrogen-bond acceptors (Lipinski definition) is 6. The summed E-state index contributed by atoms with van der Waals surface area (Å²) >= 11 is 0. The molecule has 0 bridgehead atoms. The van der Waals surface area contributed by atoms with Gasteiger partial charge in [0.05, 0.1) is 29.9 Å². The fourth-order valence-electron chi connectivity index (χ4n) is 2.14. The second kappa shape index (κ2) is 8.88. The number of esters is 3. The van der Waals surface area contributed by atoms with Gasteiger partial charge in [0.2, 0.25) is 0 Å². The molecule has 0 atom stereocenters. The number of benzene rings is 2. The van der Waals surface area contributed by atoms with Crippen LogP contribution in [0.15, 0.2) is 36.4 Å². The van der Waals surface area contributed by atoms with E-state index >= 15 is 0 Å². The molecule has 0 aliphatic carbocycles. The Bertz CT molecular complexity index is 842. The predicted octanol–water partition coefficient (Wildman–Crippen LogP) is 3.54. The fourth-order valence-corrected chi connectivity index (χ4v) is 2.14. The molecule has 0 aliphatic rings. The molecule has 2 rings (SSSR count). The van der Waals surface area contributed by atoms with E-state index in [-0.39, 0.29) is 30.1 Å². The highest BCUT2D eigenvalue weighted by atomic mass is 19.1. The molecule has 0 heterocycles. The highest BCUT2D eigenvalue weighted by Gasteiger charge is 2.19. The van der Waals surface area contributed by atoms with Crippen LogP contribution in [0.3, 0.4) is 0 Å². The number of halogens is 2. The van der Waals surface area contributed by atoms with E-state index in [1.807, 2.05) is 0 Å². The molecule has 0 saturated heterocycles. The van der Waals surface area contributed by atoms with E-state index in [4.69, 9.17) is 14.2 Å². The van der Waals surface area contributed by atoms with Gasteiger partial charge in [-0.25, -0.2) is 23.2 Å². The Kier molecular flexibility index (Phi) is 6.59. The molecular formula is C19H16F2O6. The van der Waals surface area contributed by atoms with Crippen LogP contribution in [0.2, 0.25) is 0 Å². The third-order valence-corrected chi connectivity index (χ3v) is 3.29. The molecular weight excluding hydrogens is 362 g/mol. The Morgan fingerprint density at radius 1 is 0.815 bits per heavy atom. The molecule has 0 spiro atoms. The molecule has 6 nitrogen and oxygen atoms in total. The van der Waals surface area contributed by atoms with Crippen LogP contribution >= 0.6 is 0 Å². The molecule has 0 amide bonds. The molecule has 0 N–H and O–H groups in total. The standard InChI is InChI=1S/C19H16F2O6/c1-3-25-17(22)11-7-12(18(23)26-4-2)9-14(8-11)27-19(24)15-6-5-13(20)10-16(15)21/h5-10H,3-4H2,1-2H3. The largest absolute Gasteiger partial charge is 0.462 e. The van der Waals surface area contributed by atoms with Crippen LogP contribution in [-0.4, -0.2) is 31.1 Å². The fraction of sp³-hybridized carbons (Fsp3) is 0.211. The average molecular weight is 378 g/mol. The van der Waals surface area contributed by atoms with Crippen molar-refractivity contribution in [2.24, 2.45) is 0 Å². The third-order valence-electron chi connectivity index (χ3n) is 3.29. The van der Waals surface area contributed by atoms with Crippen molar-refractivity contribution in [2.45, 2.75) is 13.8 Å². The van der Waals surface area contributed by atoms with Gasteiger partial charge in [0.15, 0.2) is 0 Å². The molecule has 0 fully saturated rings. The van der Waals surface area contributed by atoms with Crippen LogP contribution in [0.25, 0.3) is 0 Å². The summed E-state index contributed by atoms with van der Waals surface area (Å²) in [5, 5.41) is 0. The van der Waals surface area contributed by atoms with Gasteiger partial charge < -0.3 is 14.2 Å². The zero-order chi connectivity index (χ0) is 20.0. The molecule has 27 heavy (non-hydrogen) atoms. The maximum absolute atomic E-state index is 13.7. The second-order valence-corrected chi connectivity index (χ2v) is 5.20. The van der Waals surface area contributed by atoms with Gasteiger partial charge >= 0.3 is 17.9 Å². The van der Waals surface area contributed by atoms with Gasteiger partial charge in [-0.2, -0.15) is 0 Å². The lowest BCUT2D eigenvalue weighted by atomic mass is 10.1. The van der Waals surface area contributed by atoms with Gasteiger partial charge in [-0.15, -0.1) is 0 Å². The van der Waals surface area contributed by atoms with Gasteiger partial charge in [0, 0.05) is 6.07 Å². The minimum absolute atomic E-state index is 0.0511.